The first-order valence-electron chi connectivity index (χ1n) is 6.29. The van der Waals surface area contributed by atoms with E-state index in [1.54, 1.807) is 20.8 Å². The highest BCUT2D eigenvalue weighted by Crippen LogP contribution is 2.20. The van der Waals surface area contributed by atoms with Gasteiger partial charge in [0, 0.05) is 18.5 Å². The van der Waals surface area contributed by atoms with Crippen molar-refractivity contribution in [2.45, 2.75) is 32.8 Å². The molecule has 1 aromatic carbocycles. The Labute approximate surface area is 131 Å². The lowest BCUT2D eigenvalue weighted by atomic mass is 10.2. The summed E-state index contributed by atoms with van der Waals surface area (Å²) in [4.78, 5) is 11.3. The van der Waals surface area contributed by atoms with Crippen molar-refractivity contribution in [3.05, 3.63) is 33.8 Å². The number of carbonyl (C=O) groups excluding carboxylic acids is 1. The van der Waals surface area contributed by atoms with Gasteiger partial charge < -0.3 is 10.1 Å². The van der Waals surface area contributed by atoms with E-state index < -0.39 is 23.3 Å². The summed E-state index contributed by atoms with van der Waals surface area (Å²) in [6.45, 7) is 5.60. The normalized spacial score (nSPS) is 10.6. The molecule has 1 amide bonds. The molecule has 1 N–H and O–H groups in total. The number of hydrogen-bond donors (Lipinski definition) is 1. The maximum atomic E-state index is 13.3. The third kappa shape index (κ3) is 6.58. The molecule has 0 atom stereocenters. The number of carbonyl (C=O) groups is 1. The highest BCUT2D eigenvalue weighted by Gasteiger charge is 2.15. The molecule has 0 aromatic heterocycles. The lowest BCUT2D eigenvalue weighted by Gasteiger charge is -2.19. The monoisotopic (exact) mass is 359 g/mol. The third-order valence-electron chi connectivity index (χ3n) is 2.13. The lowest BCUT2D eigenvalue weighted by Crippen LogP contribution is -2.32. The fourth-order valence-electron chi connectivity index (χ4n) is 1.33. The van der Waals surface area contributed by atoms with Crippen molar-refractivity contribution in [3.63, 3.8) is 0 Å². The minimum Gasteiger partial charge on any atom is -0.444 e. The number of alkyl carbamates (subject to hydrolysis) is 1. The molecule has 6 heteroatoms. The van der Waals surface area contributed by atoms with E-state index in [4.69, 9.17) is 4.74 Å². The van der Waals surface area contributed by atoms with Crippen LogP contribution in [0.25, 0.3) is 0 Å². The second-order valence-electron chi connectivity index (χ2n) is 5.23. The van der Waals surface area contributed by atoms with E-state index in [9.17, 15) is 13.6 Å². The molecule has 0 unspecified atom stereocenters. The standard InChI is InChI=1S/C15H16BrF2NO2/c1-15(2,3)21-14(20)19-7-5-4-6-10-8-11(17)13(16)12(18)9-10/h8-9H,5,7H2,1-3H3,(H,19,20). The van der Waals surface area contributed by atoms with Gasteiger partial charge in [-0.15, -0.1) is 0 Å². The molecular formula is C15H16BrF2NO2. The molecular weight excluding hydrogens is 344 g/mol. The summed E-state index contributed by atoms with van der Waals surface area (Å²) in [6, 6.07) is 2.28. The van der Waals surface area contributed by atoms with Gasteiger partial charge in [0.25, 0.3) is 0 Å². The van der Waals surface area contributed by atoms with Crippen molar-refractivity contribution in [1.82, 2.24) is 5.32 Å². The van der Waals surface area contributed by atoms with Gasteiger partial charge in [-0.1, -0.05) is 11.8 Å². The number of rotatable bonds is 2. The van der Waals surface area contributed by atoms with Gasteiger partial charge in [0.1, 0.15) is 17.2 Å². The van der Waals surface area contributed by atoms with Gasteiger partial charge >= 0.3 is 6.09 Å². The number of ether oxygens (including phenoxy) is 1. The minimum absolute atomic E-state index is 0.209. The van der Waals surface area contributed by atoms with Gasteiger partial charge in [0.2, 0.25) is 0 Å². The quantitative estimate of drug-likeness (QED) is 0.492. The predicted molar refractivity (Wildman–Crippen MR) is 79.8 cm³/mol. The molecule has 0 radical (unpaired) electrons. The van der Waals surface area contributed by atoms with Crippen molar-refractivity contribution in [1.29, 1.82) is 0 Å². The second-order valence-corrected chi connectivity index (χ2v) is 6.03. The zero-order valence-corrected chi connectivity index (χ0v) is 13.6. The fraction of sp³-hybridized carbons (Fsp3) is 0.400. The number of nitrogens with one attached hydrogen (secondary N) is 1. The van der Waals surface area contributed by atoms with Gasteiger partial charge in [0.15, 0.2) is 0 Å². The van der Waals surface area contributed by atoms with Gasteiger partial charge in [-0.2, -0.15) is 0 Å². The van der Waals surface area contributed by atoms with Crippen LogP contribution in [0.15, 0.2) is 16.6 Å². The lowest BCUT2D eigenvalue weighted by molar-refractivity contribution is 0.0529. The molecule has 0 saturated heterocycles. The number of halogens is 3. The molecule has 0 aliphatic heterocycles. The molecule has 0 fully saturated rings. The van der Waals surface area contributed by atoms with Crippen LogP contribution >= 0.6 is 15.9 Å². The van der Waals surface area contributed by atoms with Crippen LogP contribution in [-0.2, 0) is 4.74 Å². The molecule has 1 rings (SSSR count). The van der Waals surface area contributed by atoms with Crippen molar-refractivity contribution >= 4 is 22.0 Å². The molecule has 0 saturated carbocycles. The first kappa shape index (κ1) is 17.4. The number of benzene rings is 1. The van der Waals surface area contributed by atoms with Crippen LogP contribution in [0.2, 0.25) is 0 Å². The first-order chi connectivity index (χ1) is 9.69. The number of amides is 1. The summed E-state index contributed by atoms with van der Waals surface area (Å²) in [5, 5.41) is 2.54. The Morgan fingerprint density at radius 3 is 2.43 bits per heavy atom. The van der Waals surface area contributed by atoms with Gasteiger partial charge in [-0.3, -0.25) is 0 Å². The molecule has 0 spiro atoms. The van der Waals surface area contributed by atoms with Crippen LogP contribution < -0.4 is 5.32 Å². The summed E-state index contributed by atoms with van der Waals surface area (Å²) in [6.07, 6.45) is -0.177. The summed E-state index contributed by atoms with van der Waals surface area (Å²) >= 11 is 2.79. The molecule has 1 aromatic rings. The largest absolute Gasteiger partial charge is 0.444 e. The second kappa shape index (κ2) is 7.41. The highest BCUT2D eigenvalue weighted by molar-refractivity contribution is 9.10. The zero-order chi connectivity index (χ0) is 16.0. The Kier molecular flexibility index (Phi) is 6.16. The highest BCUT2D eigenvalue weighted by atomic mass is 79.9. The Morgan fingerprint density at radius 1 is 1.33 bits per heavy atom. The summed E-state index contributed by atoms with van der Waals surface area (Å²) < 4.78 is 31.3. The van der Waals surface area contributed by atoms with Crippen LogP contribution in [0.1, 0.15) is 32.8 Å². The smallest absolute Gasteiger partial charge is 0.407 e. The molecule has 0 aliphatic rings. The van der Waals surface area contributed by atoms with E-state index in [0.717, 1.165) is 12.1 Å². The Hall–Kier alpha value is -1.61. The summed E-state index contributed by atoms with van der Waals surface area (Å²) in [5.41, 5.74) is -0.312. The van der Waals surface area contributed by atoms with Crippen LogP contribution in [0.4, 0.5) is 13.6 Å². The Morgan fingerprint density at radius 2 is 1.90 bits per heavy atom. The molecule has 21 heavy (non-hydrogen) atoms. The zero-order valence-electron chi connectivity index (χ0n) is 12.0. The maximum Gasteiger partial charge on any atom is 0.407 e. The Bertz CT molecular complexity index is 563. The van der Waals surface area contributed by atoms with E-state index in [0.29, 0.717) is 13.0 Å². The van der Waals surface area contributed by atoms with Gasteiger partial charge in [-0.25, -0.2) is 13.6 Å². The van der Waals surface area contributed by atoms with E-state index in [1.165, 1.54) is 0 Å². The van der Waals surface area contributed by atoms with Crippen molar-refractivity contribution in [3.8, 4) is 11.8 Å². The maximum absolute atomic E-state index is 13.3. The molecule has 114 valence electrons. The molecule has 0 heterocycles. The summed E-state index contributed by atoms with van der Waals surface area (Å²) in [7, 11) is 0. The van der Waals surface area contributed by atoms with Crippen LogP contribution in [-0.4, -0.2) is 18.2 Å². The van der Waals surface area contributed by atoms with E-state index in [1.807, 2.05) is 0 Å². The third-order valence-corrected chi connectivity index (χ3v) is 2.89. The minimum atomic E-state index is -0.703. The predicted octanol–water partition coefficient (Wildman–Crippen LogP) is 3.99. The fourth-order valence-corrected chi connectivity index (χ4v) is 1.56. The van der Waals surface area contributed by atoms with Crippen molar-refractivity contribution in [2.24, 2.45) is 0 Å². The molecule has 0 aliphatic carbocycles. The average Bonchev–Trinajstić information content (AvgIpc) is 2.33. The van der Waals surface area contributed by atoms with Crippen LogP contribution in [0.3, 0.4) is 0 Å². The van der Waals surface area contributed by atoms with E-state index >= 15 is 0 Å². The average molecular weight is 360 g/mol. The van der Waals surface area contributed by atoms with Crippen LogP contribution in [0.5, 0.6) is 0 Å². The van der Waals surface area contributed by atoms with E-state index in [-0.39, 0.29) is 10.0 Å². The Balaban J connectivity index is 2.46. The van der Waals surface area contributed by atoms with Gasteiger partial charge in [-0.05, 0) is 48.8 Å². The van der Waals surface area contributed by atoms with Crippen molar-refractivity contribution in [2.75, 3.05) is 6.54 Å². The summed E-state index contributed by atoms with van der Waals surface area (Å²) in [5.74, 6) is 3.95. The van der Waals surface area contributed by atoms with Crippen molar-refractivity contribution < 1.29 is 18.3 Å². The first-order valence-corrected chi connectivity index (χ1v) is 7.08. The molecule has 0 bridgehead atoms. The van der Waals surface area contributed by atoms with Gasteiger partial charge in [0.05, 0.1) is 4.47 Å². The topological polar surface area (TPSA) is 38.3 Å². The van der Waals surface area contributed by atoms with Crippen LogP contribution in [0, 0.1) is 23.5 Å². The number of hydrogen-bond acceptors (Lipinski definition) is 2. The SMILES string of the molecule is CC(C)(C)OC(=O)NCCC#Cc1cc(F)c(Br)c(F)c1. The molecule has 3 nitrogen and oxygen atoms in total. The van der Waals surface area contributed by atoms with E-state index in [2.05, 4.69) is 33.1 Å².